The number of nitrogens with zero attached hydrogens (tertiary/aromatic N) is 1. The molecule has 3 heteroatoms. The minimum absolute atomic E-state index is 0.568. The summed E-state index contributed by atoms with van der Waals surface area (Å²) < 4.78 is 4.87. The molecule has 0 bridgehead atoms. The van der Waals surface area contributed by atoms with E-state index in [1.807, 2.05) is 6.07 Å². The molecule has 0 saturated carbocycles. The number of rotatable bonds is 3. The van der Waals surface area contributed by atoms with Crippen LogP contribution in [0.1, 0.15) is 5.56 Å². The van der Waals surface area contributed by atoms with Crippen LogP contribution in [-0.4, -0.2) is 18.4 Å². The van der Waals surface area contributed by atoms with E-state index in [1.165, 1.54) is 6.08 Å². The van der Waals surface area contributed by atoms with Crippen molar-refractivity contribution in [2.45, 2.75) is 0 Å². The Morgan fingerprint density at radius 1 is 1.50 bits per heavy atom. The monoisotopic (exact) mass is 163 g/mol. The van der Waals surface area contributed by atoms with Crippen LogP contribution >= 0.6 is 0 Å². The first-order chi connectivity index (χ1) is 5.86. The third-order valence-corrected chi connectivity index (χ3v) is 1.34. The Morgan fingerprint density at radius 3 is 2.83 bits per heavy atom. The fourth-order valence-electron chi connectivity index (χ4n) is 0.761. The molecule has 1 rings (SSSR count). The summed E-state index contributed by atoms with van der Waals surface area (Å²) in [7, 11) is 1.56. The van der Waals surface area contributed by atoms with Crippen molar-refractivity contribution >= 4 is 12.4 Å². The fraction of sp³-hybridized carbons (Fsp3) is 0.111. The third-order valence-electron chi connectivity index (χ3n) is 1.34. The summed E-state index contributed by atoms with van der Waals surface area (Å²) in [6.45, 7) is 0. The molecule has 0 spiro atoms. The van der Waals surface area contributed by atoms with Crippen LogP contribution in [0.3, 0.4) is 0 Å². The molecule has 0 aliphatic rings. The number of hydrogen-bond donors (Lipinski definition) is 0. The summed E-state index contributed by atoms with van der Waals surface area (Å²) in [6, 6.07) is 3.57. The van der Waals surface area contributed by atoms with Gasteiger partial charge in [-0.25, -0.2) is 4.98 Å². The van der Waals surface area contributed by atoms with Crippen molar-refractivity contribution in [1.82, 2.24) is 4.98 Å². The molecule has 1 heterocycles. The number of ether oxygens (including phenoxy) is 1. The Labute approximate surface area is 70.7 Å². The molecule has 0 aromatic carbocycles. The lowest BCUT2D eigenvalue weighted by atomic mass is 10.2. The average molecular weight is 163 g/mol. The van der Waals surface area contributed by atoms with Crippen LogP contribution < -0.4 is 4.74 Å². The first kappa shape index (κ1) is 8.46. The van der Waals surface area contributed by atoms with E-state index in [0.717, 1.165) is 11.8 Å². The molecule has 0 N–H and O–H groups in total. The molecule has 12 heavy (non-hydrogen) atoms. The highest BCUT2D eigenvalue weighted by molar-refractivity contribution is 5.73. The molecule has 0 aliphatic carbocycles. The van der Waals surface area contributed by atoms with Gasteiger partial charge in [0.2, 0.25) is 5.88 Å². The molecular weight excluding hydrogens is 154 g/mol. The van der Waals surface area contributed by atoms with Crippen molar-refractivity contribution in [1.29, 1.82) is 0 Å². The normalized spacial score (nSPS) is 10.1. The number of hydrogen-bond acceptors (Lipinski definition) is 3. The van der Waals surface area contributed by atoms with Crippen molar-refractivity contribution in [2.75, 3.05) is 7.11 Å². The van der Waals surface area contributed by atoms with Crippen molar-refractivity contribution in [3.63, 3.8) is 0 Å². The van der Waals surface area contributed by atoms with Crippen LogP contribution in [-0.2, 0) is 4.79 Å². The van der Waals surface area contributed by atoms with Crippen molar-refractivity contribution < 1.29 is 9.53 Å². The van der Waals surface area contributed by atoms with Gasteiger partial charge in [-0.1, -0.05) is 6.08 Å². The highest BCUT2D eigenvalue weighted by atomic mass is 16.5. The van der Waals surface area contributed by atoms with Gasteiger partial charge in [0.15, 0.2) is 0 Å². The lowest BCUT2D eigenvalue weighted by Gasteiger charge is -1.96. The van der Waals surface area contributed by atoms with Gasteiger partial charge in [0.1, 0.15) is 6.29 Å². The number of methoxy groups -OCH3 is 1. The second-order valence-electron chi connectivity index (χ2n) is 2.13. The smallest absolute Gasteiger partial charge is 0.212 e. The van der Waals surface area contributed by atoms with Crippen molar-refractivity contribution in [2.24, 2.45) is 0 Å². The molecule has 1 aromatic heterocycles. The van der Waals surface area contributed by atoms with Crippen LogP contribution in [0, 0.1) is 0 Å². The lowest BCUT2D eigenvalue weighted by molar-refractivity contribution is -0.104. The second-order valence-corrected chi connectivity index (χ2v) is 2.13. The van der Waals surface area contributed by atoms with Crippen molar-refractivity contribution in [3.05, 3.63) is 30.0 Å². The standard InChI is InChI=1S/C9H9NO2/c1-12-9-5-4-8(7-10-9)3-2-6-11/h2-7H,1H3/b3-2+. The van der Waals surface area contributed by atoms with Crippen LogP contribution in [0.4, 0.5) is 0 Å². The maximum atomic E-state index is 9.97. The zero-order valence-electron chi connectivity index (χ0n) is 6.73. The van der Waals surface area contributed by atoms with E-state index in [9.17, 15) is 4.79 Å². The largest absolute Gasteiger partial charge is 0.481 e. The van der Waals surface area contributed by atoms with E-state index in [2.05, 4.69) is 4.98 Å². The predicted molar refractivity (Wildman–Crippen MR) is 45.9 cm³/mol. The molecule has 3 nitrogen and oxygen atoms in total. The molecule has 0 fully saturated rings. The zero-order valence-corrected chi connectivity index (χ0v) is 6.73. The van der Waals surface area contributed by atoms with Crippen LogP contribution in [0.25, 0.3) is 6.08 Å². The lowest BCUT2D eigenvalue weighted by Crippen LogP contribution is -1.86. The summed E-state index contributed by atoms with van der Waals surface area (Å²) in [5.41, 5.74) is 0.878. The third kappa shape index (κ3) is 2.20. The first-order valence-corrected chi connectivity index (χ1v) is 3.48. The fourth-order valence-corrected chi connectivity index (χ4v) is 0.761. The van der Waals surface area contributed by atoms with Gasteiger partial charge in [-0.05, 0) is 17.7 Å². The summed E-state index contributed by atoms with van der Waals surface area (Å²) in [6.07, 6.45) is 5.46. The number of pyridine rings is 1. The Morgan fingerprint density at radius 2 is 2.33 bits per heavy atom. The highest BCUT2D eigenvalue weighted by Crippen LogP contribution is 2.07. The SMILES string of the molecule is COc1ccc(/C=C/C=O)cn1. The minimum atomic E-state index is 0.568. The number of allylic oxidation sites excluding steroid dienone is 1. The zero-order chi connectivity index (χ0) is 8.81. The van der Waals surface area contributed by atoms with Crippen LogP contribution in [0.15, 0.2) is 24.4 Å². The topological polar surface area (TPSA) is 39.2 Å². The number of aromatic nitrogens is 1. The summed E-state index contributed by atoms with van der Waals surface area (Å²) in [5, 5.41) is 0. The Hall–Kier alpha value is -1.64. The van der Waals surface area contributed by atoms with Gasteiger partial charge in [0.25, 0.3) is 0 Å². The van der Waals surface area contributed by atoms with Gasteiger partial charge in [0, 0.05) is 12.3 Å². The van der Waals surface area contributed by atoms with Gasteiger partial charge in [-0.2, -0.15) is 0 Å². The predicted octanol–water partition coefficient (Wildman–Crippen LogP) is 1.30. The molecular formula is C9H9NO2. The molecule has 1 aromatic rings. The molecule has 0 saturated heterocycles. The van der Waals surface area contributed by atoms with Gasteiger partial charge in [-0.3, -0.25) is 4.79 Å². The summed E-state index contributed by atoms with van der Waals surface area (Å²) in [4.78, 5) is 13.9. The van der Waals surface area contributed by atoms with Crippen LogP contribution in [0.5, 0.6) is 5.88 Å². The van der Waals surface area contributed by atoms with E-state index in [0.29, 0.717) is 5.88 Å². The van der Waals surface area contributed by atoms with E-state index in [4.69, 9.17) is 4.74 Å². The van der Waals surface area contributed by atoms with Gasteiger partial charge < -0.3 is 4.74 Å². The molecule has 62 valence electrons. The van der Waals surface area contributed by atoms with Gasteiger partial charge in [0.05, 0.1) is 7.11 Å². The van der Waals surface area contributed by atoms with Crippen LogP contribution in [0.2, 0.25) is 0 Å². The summed E-state index contributed by atoms with van der Waals surface area (Å²) in [5.74, 6) is 0.568. The molecule has 0 unspecified atom stereocenters. The second kappa shape index (κ2) is 4.28. The Balaban J connectivity index is 2.77. The van der Waals surface area contributed by atoms with E-state index < -0.39 is 0 Å². The Kier molecular flexibility index (Phi) is 3.02. The summed E-state index contributed by atoms with van der Waals surface area (Å²) >= 11 is 0. The maximum Gasteiger partial charge on any atom is 0.212 e. The first-order valence-electron chi connectivity index (χ1n) is 3.48. The number of aldehydes is 1. The van der Waals surface area contributed by atoms with Gasteiger partial charge in [-0.15, -0.1) is 0 Å². The Bertz CT molecular complexity index is 277. The highest BCUT2D eigenvalue weighted by Gasteiger charge is 1.90. The average Bonchev–Trinajstić information content (AvgIpc) is 2.15. The number of carbonyl (C=O) groups excluding carboxylic acids is 1. The maximum absolute atomic E-state index is 9.97. The molecule has 0 atom stereocenters. The molecule has 0 amide bonds. The minimum Gasteiger partial charge on any atom is -0.481 e. The quantitative estimate of drug-likeness (QED) is 0.498. The van der Waals surface area contributed by atoms with E-state index >= 15 is 0 Å². The van der Waals surface area contributed by atoms with E-state index in [-0.39, 0.29) is 0 Å². The van der Waals surface area contributed by atoms with Crippen molar-refractivity contribution in [3.8, 4) is 5.88 Å². The molecule has 0 aliphatic heterocycles. The number of carbonyl (C=O) groups is 1. The van der Waals surface area contributed by atoms with Gasteiger partial charge >= 0.3 is 0 Å². The molecule has 0 radical (unpaired) electrons. The van der Waals surface area contributed by atoms with E-state index in [1.54, 1.807) is 25.4 Å².